The largest absolute Gasteiger partial charge is 0.479 e. The fourth-order valence-corrected chi connectivity index (χ4v) is 1.53. The van der Waals surface area contributed by atoms with Gasteiger partial charge in [0.25, 0.3) is 5.60 Å². The van der Waals surface area contributed by atoms with Crippen molar-refractivity contribution in [1.82, 2.24) is 0 Å². The zero-order valence-corrected chi connectivity index (χ0v) is 10.9. The van der Waals surface area contributed by atoms with Gasteiger partial charge in [-0.1, -0.05) is 0 Å². The summed E-state index contributed by atoms with van der Waals surface area (Å²) in [5, 5.41) is 18.7. The van der Waals surface area contributed by atoms with Gasteiger partial charge < -0.3 is 14.9 Å². The van der Waals surface area contributed by atoms with Gasteiger partial charge in [0.2, 0.25) is 0 Å². The maximum atomic E-state index is 13.4. The SMILES string of the molecule is CCOC(=O)C(O)(CC(=O)c1ccc(F)cc1F)C(=O)O. The number of halogens is 2. The predicted molar refractivity (Wildman–Crippen MR) is 64.5 cm³/mol. The first-order chi connectivity index (χ1) is 9.72. The molecule has 1 atom stereocenters. The van der Waals surface area contributed by atoms with E-state index in [1.807, 2.05) is 0 Å². The minimum absolute atomic E-state index is 0.215. The van der Waals surface area contributed by atoms with E-state index >= 15 is 0 Å². The molecule has 0 heterocycles. The number of ether oxygens (including phenoxy) is 1. The van der Waals surface area contributed by atoms with Crippen molar-refractivity contribution < 1.29 is 38.1 Å². The van der Waals surface area contributed by atoms with Crippen molar-refractivity contribution in [2.45, 2.75) is 18.9 Å². The lowest BCUT2D eigenvalue weighted by Crippen LogP contribution is -2.49. The van der Waals surface area contributed by atoms with Crippen LogP contribution in [0.15, 0.2) is 18.2 Å². The van der Waals surface area contributed by atoms with E-state index in [1.165, 1.54) is 6.92 Å². The summed E-state index contributed by atoms with van der Waals surface area (Å²) >= 11 is 0. The van der Waals surface area contributed by atoms with Gasteiger partial charge in [-0.2, -0.15) is 0 Å². The number of benzene rings is 1. The van der Waals surface area contributed by atoms with Crippen LogP contribution in [0.4, 0.5) is 8.78 Å². The Balaban J connectivity index is 3.07. The molecule has 8 heteroatoms. The van der Waals surface area contributed by atoms with Crippen LogP contribution in [0.5, 0.6) is 0 Å². The van der Waals surface area contributed by atoms with Crippen molar-refractivity contribution in [3.05, 3.63) is 35.4 Å². The minimum Gasteiger partial charge on any atom is -0.479 e. The van der Waals surface area contributed by atoms with E-state index in [0.717, 1.165) is 12.1 Å². The van der Waals surface area contributed by atoms with Gasteiger partial charge in [-0.05, 0) is 19.1 Å². The van der Waals surface area contributed by atoms with Gasteiger partial charge in [0.1, 0.15) is 11.6 Å². The second-order valence-corrected chi connectivity index (χ2v) is 4.11. The summed E-state index contributed by atoms with van der Waals surface area (Å²) in [6.45, 7) is 1.16. The van der Waals surface area contributed by atoms with Crippen molar-refractivity contribution >= 4 is 17.7 Å². The first-order valence-corrected chi connectivity index (χ1v) is 5.83. The third kappa shape index (κ3) is 3.60. The van der Waals surface area contributed by atoms with Crippen LogP contribution in [0.3, 0.4) is 0 Å². The highest BCUT2D eigenvalue weighted by Crippen LogP contribution is 2.19. The Morgan fingerprint density at radius 2 is 1.90 bits per heavy atom. The summed E-state index contributed by atoms with van der Waals surface area (Å²) in [4.78, 5) is 34.3. The average molecular weight is 302 g/mol. The first kappa shape index (κ1) is 16.7. The van der Waals surface area contributed by atoms with Crippen LogP contribution in [0.2, 0.25) is 0 Å². The smallest absolute Gasteiger partial charge is 0.350 e. The highest BCUT2D eigenvalue weighted by Gasteiger charge is 2.48. The molecule has 0 bridgehead atoms. The van der Waals surface area contributed by atoms with Crippen molar-refractivity contribution in [3.8, 4) is 0 Å². The molecule has 0 spiro atoms. The highest BCUT2D eigenvalue weighted by molar-refractivity contribution is 6.09. The number of aliphatic hydroxyl groups is 1. The Labute approximate surface area is 118 Å². The molecule has 2 N–H and O–H groups in total. The van der Waals surface area contributed by atoms with Crippen LogP contribution >= 0.6 is 0 Å². The third-order valence-electron chi connectivity index (χ3n) is 2.61. The van der Waals surface area contributed by atoms with E-state index in [-0.39, 0.29) is 6.61 Å². The average Bonchev–Trinajstić information content (AvgIpc) is 2.38. The van der Waals surface area contributed by atoms with E-state index in [4.69, 9.17) is 5.11 Å². The minimum atomic E-state index is -3.13. The number of carboxylic acids is 1. The van der Waals surface area contributed by atoms with Crippen molar-refractivity contribution in [2.75, 3.05) is 6.61 Å². The molecule has 0 aliphatic carbocycles. The molecule has 0 saturated carbocycles. The number of carboxylic acid groups (broad SMARTS) is 1. The Kier molecular flexibility index (Phi) is 5.09. The topological polar surface area (TPSA) is 101 Å². The van der Waals surface area contributed by atoms with Crippen LogP contribution in [-0.4, -0.2) is 40.1 Å². The van der Waals surface area contributed by atoms with E-state index in [0.29, 0.717) is 6.07 Å². The molecule has 0 aliphatic rings. The number of hydrogen-bond donors (Lipinski definition) is 2. The summed E-state index contributed by atoms with van der Waals surface area (Å²) < 4.78 is 30.5. The third-order valence-corrected chi connectivity index (χ3v) is 2.61. The summed E-state index contributed by atoms with van der Waals surface area (Å²) in [5.74, 6) is -6.87. The molecule has 0 radical (unpaired) electrons. The highest BCUT2D eigenvalue weighted by atomic mass is 19.1. The van der Waals surface area contributed by atoms with Gasteiger partial charge in [-0.15, -0.1) is 0 Å². The normalized spacial score (nSPS) is 13.3. The van der Waals surface area contributed by atoms with Gasteiger partial charge in [0, 0.05) is 6.07 Å². The molecule has 114 valence electrons. The standard InChI is InChI=1S/C13H12F2O6/c1-2-21-12(19)13(20,11(17)18)6-10(16)8-4-3-7(14)5-9(8)15/h3-5,20H,2,6H2,1H3,(H,17,18). The lowest BCUT2D eigenvalue weighted by atomic mass is 9.93. The van der Waals surface area contributed by atoms with Crippen molar-refractivity contribution in [2.24, 2.45) is 0 Å². The summed E-state index contributed by atoms with van der Waals surface area (Å²) in [6, 6.07) is 2.01. The molecule has 1 aromatic rings. The maximum absolute atomic E-state index is 13.4. The second-order valence-electron chi connectivity index (χ2n) is 4.11. The quantitative estimate of drug-likeness (QED) is 0.460. The van der Waals surface area contributed by atoms with Crippen molar-refractivity contribution in [1.29, 1.82) is 0 Å². The fraction of sp³-hybridized carbons (Fsp3) is 0.308. The molecule has 0 amide bonds. The van der Waals surface area contributed by atoms with Crippen LogP contribution in [0.1, 0.15) is 23.7 Å². The lowest BCUT2D eigenvalue weighted by molar-refractivity contribution is -0.179. The van der Waals surface area contributed by atoms with Crippen molar-refractivity contribution in [3.63, 3.8) is 0 Å². The molecule has 1 rings (SSSR count). The number of carbonyl (C=O) groups is 3. The summed E-state index contributed by atoms with van der Waals surface area (Å²) in [5.41, 5.74) is -3.77. The maximum Gasteiger partial charge on any atom is 0.350 e. The van der Waals surface area contributed by atoms with E-state index in [2.05, 4.69) is 4.74 Å². The van der Waals surface area contributed by atoms with Crippen LogP contribution < -0.4 is 0 Å². The molecule has 21 heavy (non-hydrogen) atoms. The number of Topliss-reactive ketones (excluding diaryl/α,β-unsaturated/α-hetero) is 1. The molecule has 0 saturated heterocycles. The summed E-state index contributed by atoms with van der Waals surface area (Å²) in [7, 11) is 0. The van der Waals surface area contributed by atoms with Gasteiger partial charge in [0.15, 0.2) is 5.78 Å². The number of carbonyl (C=O) groups excluding carboxylic acids is 2. The van der Waals surface area contributed by atoms with E-state index in [1.54, 1.807) is 0 Å². The predicted octanol–water partition coefficient (Wildman–Crippen LogP) is 0.916. The molecule has 0 aliphatic heterocycles. The Hall–Kier alpha value is -2.35. The lowest BCUT2D eigenvalue weighted by Gasteiger charge is -2.20. The van der Waals surface area contributed by atoms with Gasteiger partial charge in [-0.25, -0.2) is 18.4 Å². The number of esters is 1. The number of ketones is 1. The monoisotopic (exact) mass is 302 g/mol. The van der Waals surface area contributed by atoms with E-state index < -0.39 is 46.9 Å². The van der Waals surface area contributed by atoms with Crippen LogP contribution in [0, 0.1) is 11.6 Å². The molecule has 6 nitrogen and oxygen atoms in total. The zero-order valence-electron chi connectivity index (χ0n) is 10.9. The number of aliphatic carboxylic acids is 1. The number of rotatable bonds is 6. The van der Waals surface area contributed by atoms with Gasteiger partial charge in [-0.3, -0.25) is 4.79 Å². The van der Waals surface area contributed by atoms with Gasteiger partial charge >= 0.3 is 11.9 Å². The molecule has 0 fully saturated rings. The zero-order chi connectivity index (χ0) is 16.2. The first-order valence-electron chi connectivity index (χ1n) is 5.83. The molecule has 1 unspecified atom stereocenters. The molecule has 0 aromatic heterocycles. The Bertz CT molecular complexity index is 586. The number of hydrogen-bond acceptors (Lipinski definition) is 5. The Morgan fingerprint density at radius 1 is 1.29 bits per heavy atom. The van der Waals surface area contributed by atoms with Crippen LogP contribution in [-0.2, 0) is 14.3 Å². The fourth-order valence-electron chi connectivity index (χ4n) is 1.53. The van der Waals surface area contributed by atoms with E-state index in [9.17, 15) is 28.3 Å². The molecular formula is C13H12F2O6. The summed E-state index contributed by atoms with van der Waals surface area (Å²) in [6.07, 6.45) is -1.23. The van der Waals surface area contributed by atoms with Gasteiger partial charge in [0.05, 0.1) is 18.6 Å². The van der Waals surface area contributed by atoms with Crippen LogP contribution in [0.25, 0.3) is 0 Å². The molecule has 1 aromatic carbocycles. The Morgan fingerprint density at radius 3 is 2.38 bits per heavy atom. The second kappa shape index (κ2) is 6.40. The molecular weight excluding hydrogens is 290 g/mol.